The van der Waals surface area contributed by atoms with E-state index < -0.39 is 17.4 Å². The molecular weight excluding hydrogens is 360 g/mol. The predicted octanol–water partition coefficient (Wildman–Crippen LogP) is 3.66. The van der Waals surface area contributed by atoms with Gasteiger partial charge < -0.3 is 14.2 Å². The highest BCUT2D eigenvalue weighted by Gasteiger charge is 2.51. The van der Waals surface area contributed by atoms with Gasteiger partial charge in [-0.25, -0.2) is 0 Å². The first kappa shape index (κ1) is 23.7. The zero-order valence-electron chi connectivity index (χ0n) is 17.7. The van der Waals surface area contributed by atoms with Crippen LogP contribution >= 0.6 is 0 Å². The molecule has 1 aromatic rings. The average Bonchev–Trinajstić information content (AvgIpc) is 2.66. The molecule has 0 bridgehead atoms. The van der Waals surface area contributed by atoms with E-state index in [1.165, 1.54) is 0 Å². The van der Waals surface area contributed by atoms with Crippen LogP contribution in [0.4, 0.5) is 0 Å². The molecule has 156 valence electrons. The molecule has 0 radical (unpaired) electrons. The molecule has 6 heteroatoms. The van der Waals surface area contributed by atoms with Crippen molar-refractivity contribution in [1.82, 2.24) is 0 Å². The van der Waals surface area contributed by atoms with E-state index in [1.807, 2.05) is 38.1 Å². The Bertz CT molecular complexity index is 644. The summed E-state index contributed by atoms with van der Waals surface area (Å²) in [6, 6.07) is 7.28. The van der Waals surface area contributed by atoms with Gasteiger partial charge in [0.1, 0.15) is 0 Å². The van der Waals surface area contributed by atoms with Crippen LogP contribution in [0.1, 0.15) is 58.6 Å². The van der Waals surface area contributed by atoms with E-state index in [0.29, 0.717) is 6.61 Å². The molecule has 28 heavy (non-hydrogen) atoms. The predicted molar refractivity (Wildman–Crippen MR) is 106 cm³/mol. The van der Waals surface area contributed by atoms with Crippen molar-refractivity contribution >= 4 is 17.9 Å². The number of rotatable bonds is 10. The molecule has 0 heterocycles. The summed E-state index contributed by atoms with van der Waals surface area (Å²) in [6.45, 7) is 11.3. The zero-order valence-corrected chi connectivity index (χ0v) is 17.7. The number of carbonyl (C=O) groups is 3. The van der Waals surface area contributed by atoms with Crippen molar-refractivity contribution in [3.05, 3.63) is 35.4 Å². The van der Waals surface area contributed by atoms with Gasteiger partial charge >= 0.3 is 17.9 Å². The fourth-order valence-electron chi connectivity index (χ4n) is 3.07. The van der Waals surface area contributed by atoms with Crippen LogP contribution in [0.3, 0.4) is 0 Å². The molecule has 1 atom stereocenters. The maximum absolute atomic E-state index is 12.8. The van der Waals surface area contributed by atoms with E-state index in [9.17, 15) is 14.4 Å². The minimum absolute atomic E-state index is 0.163. The molecular formula is C22H32O6. The standard InChI is InChI=1S/C22H32O6/c1-7-26-19(23)16(6)18-12-10-17(11-13-18)14-22(15(4)5,20(24)27-8-2)21(25)28-9-3/h10-13,15-16H,7-9,14H2,1-6H3. The Balaban J connectivity index is 3.19. The molecule has 1 aromatic carbocycles. The van der Waals surface area contributed by atoms with Gasteiger partial charge in [0.25, 0.3) is 0 Å². The zero-order chi connectivity index (χ0) is 21.3. The summed E-state index contributed by atoms with van der Waals surface area (Å²) in [5, 5.41) is 0. The molecule has 0 aliphatic carbocycles. The van der Waals surface area contributed by atoms with E-state index in [1.54, 1.807) is 27.7 Å². The van der Waals surface area contributed by atoms with Gasteiger partial charge in [0.05, 0.1) is 25.7 Å². The second kappa shape index (κ2) is 10.8. The molecule has 0 aliphatic rings. The van der Waals surface area contributed by atoms with Gasteiger partial charge in [-0.05, 0) is 51.2 Å². The summed E-state index contributed by atoms with van der Waals surface area (Å²) in [5.41, 5.74) is 0.180. The van der Waals surface area contributed by atoms with Gasteiger partial charge in [-0.1, -0.05) is 38.1 Å². The molecule has 6 nitrogen and oxygen atoms in total. The molecule has 0 spiro atoms. The molecule has 1 unspecified atom stereocenters. The molecule has 0 N–H and O–H groups in total. The number of carbonyl (C=O) groups excluding carboxylic acids is 3. The Labute approximate surface area is 167 Å². The highest BCUT2D eigenvalue weighted by Crippen LogP contribution is 2.35. The van der Waals surface area contributed by atoms with Crippen LogP contribution in [0.15, 0.2) is 24.3 Å². The number of ether oxygens (including phenoxy) is 3. The first-order chi connectivity index (χ1) is 13.2. The summed E-state index contributed by atoms with van der Waals surface area (Å²) >= 11 is 0. The maximum Gasteiger partial charge on any atom is 0.324 e. The van der Waals surface area contributed by atoms with Crippen LogP contribution in [0, 0.1) is 11.3 Å². The van der Waals surface area contributed by atoms with Crippen LogP contribution in [-0.4, -0.2) is 37.7 Å². The summed E-state index contributed by atoms with van der Waals surface area (Å²) in [6.07, 6.45) is 0.163. The molecule has 0 saturated carbocycles. The Morgan fingerprint density at radius 1 is 0.821 bits per heavy atom. The first-order valence-electron chi connectivity index (χ1n) is 9.84. The van der Waals surface area contributed by atoms with Crippen molar-refractivity contribution < 1.29 is 28.6 Å². The average molecular weight is 392 g/mol. The Morgan fingerprint density at radius 2 is 1.29 bits per heavy atom. The second-order valence-electron chi connectivity index (χ2n) is 6.96. The fourth-order valence-corrected chi connectivity index (χ4v) is 3.07. The lowest BCUT2D eigenvalue weighted by Gasteiger charge is -2.32. The van der Waals surface area contributed by atoms with Crippen LogP contribution in [0.25, 0.3) is 0 Å². The summed E-state index contributed by atoms with van der Waals surface area (Å²) in [5.74, 6) is -2.15. The SMILES string of the molecule is CCOC(=O)C(C)c1ccc(CC(C(=O)OCC)(C(=O)OCC)C(C)C)cc1. The summed E-state index contributed by atoms with van der Waals surface area (Å²) in [4.78, 5) is 37.5. The molecule has 1 rings (SSSR count). The summed E-state index contributed by atoms with van der Waals surface area (Å²) < 4.78 is 15.5. The van der Waals surface area contributed by atoms with Gasteiger partial charge in [-0.15, -0.1) is 0 Å². The van der Waals surface area contributed by atoms with Crippen LogP contribution < -0.4 is 0 Å². The van der Waals surface area contributed by atoms with Crippen molar-refractivity contribution in [2.45, 2.75) is 53.9 Å². The highest BCUT2D eigenvalue weighted by molar-refractivity contribution is 6.00. The van der Waals surface area contributed by atoms with Gasteiger partial charge in [-0.2, -0.15) is 0 Å². The van der Waals surface area contributed by atoms with E-state index >= 15 is 0 Å². The third kappa shape index (κ3) is 5.33. The summed E-state index contributed by atoms with van der Waals surface area (Å²) in [7, 11) is 0. The molecule has 0 aliphatic heterocycles. The highest BCUT2D eigenvalue weighted by atomic mass is 16.6. The molecule has 0 aromatic heterocycles. The lowest BCUT2D eigenvalue weighted by molar-refractivity contribution is -0.176. The monoisotopic (exact) mass is 392 g/mol. The number of benzene rings is 1. The lowest BCUT2D eigenvalue weighted by Crippen LogP contribution is -2.48. The fraction of sp³-hybridized carbons (Fsp3) is 0.591. The maximum atomic E-state index is 12.8. The quantitative estimate of drug-likeness (QED) is 0.343. The van der Waals surface area contributed by atoms with Crippen molar-refractivity contribution in [3.8, 4) is 0 Å². The van der Waals surface area contributed by atoms with Crippen LogP contribution in [0.5, 0.6) is 0 Å². The van der Waals surface area contributed by atoms with Gasteiger partial charge in [0.15, 0.2) is 5.41 Å². The van der Waals surface area contributed by atoms with Crippen molar-refractivity contribution in [2.24, 2.45) is 11.3 Å². The van der Waals surface area contributed by atoms with Crippen LogP contribution in [-0.2, 0) is 35.0 Å². The van der Waals surface area contributed by atoms with Gasteiger partial charge in [0.2, 0.25) is 0 Å². The van der Waals surface area contributed by atoms with Gasteiger partial charge in [-0.3, -0.25) is 14.4 Å². The van der Waals surface area contributed by atoms with E-state index in [4.69, 9.17) is 14.2 Å². The molecule has 0 saturated heterocycles. The number of esters is 3. The van der Waals surface area contributed by atoms with Gasteiger partial charge in [0, 0.05) is 0 Å². The normalized spacial score (nSPS) is 12.4. The number of hydrogen-bond acceptors (Lipinski definition) is 6. The minimum Gasteiger partial charge on any atom is -0.466 e. The number of hydrogen-bond donors (Lipinski definition) is 0. The Morgan fingerprint density at radius 3 is 1.68 bits per heavy atom. The first-order valence-corrected chi connectivity index (χ1v) is 9.84. The van der Waals surface area contributed by atoms with E-state index in [2.05, 4.69) is 0 Å². The van der Waals surface area contributed by atoms with E-state index in [0.717, 1.165) is 11.1 Å². The Kier molecular flexibility index (Phi) is 9.16. The van der Waals surface area contributed by atoms with Crippen molar-refractivity contribution in [1.29, 1.82) is 0 Å². The Hall–Kier alpha value is -2.37. The largest absolute Gasteiger partial charge is 0.466 e. The third-order valence-electron chi connectivity index (χ3n) is 4.87. The smallest absolute Gasteiger partial charge is 0.324 e. The lowest BCUT2D eigenvalue weighted by atomic mass is 9.72. The second-order valence-corrected chi connectivity index (χ2v) is 6.96. The van der Waals surface area contributed by atoms with Crippen LogP contribution in [0.2, 0.25) is 0 Å². The van der Waals surface area contributed by atoms with E-state index in [-0.39, 0.29) is 37.4 Å². The molecule has 0 amide bonds. The van der Waals surface area contributed by atoms with Crippen molar-refractivity contribution in [2.75, 3.05) is 19.8 Å². The van der Waals surface area contributed by atoms with Crippen molar-refractivity contribution in [3.63, 3.8) is 0 Å². The third-order valence-corrected chi connectivity index (χ3v) is 4.87. The minimum atomic E-state index is -1.42. The topological polar surface area (TPSA) is 78.9 Å². The molecule has 0 fully saturated rings.